The van der Waals surface area contributed by atoms with E-state index in [2.05, 4.69) is 32.3 Å². The molecule has 1 atom stereocenters. The van der Waals surface area contributed by atoms with E-state index in [-0.39, 0.29) is 6.03 Å². The standard InChI is InChI=1S/C18H24N4OS/c1-14-19-7-8-22(14)12-16-5-2-4-15(10-16)11-20-18(23)21-17-6-3-9-24-13-17/h2,4-5,7-8,10,17H,3,6,9,11-13H2,1H3,(H2,20,21,23)/t17-/m1/s1. The number of nitrogens with one attached hydrogen (secondary N) is 2. The number of hydrogen-bond donors (Lipinski definition) is 2. The van der Waals surface area contributed by atoms with Crippen molar-refractivity contribution in [2.24, 2.45) is 0 Å². The quantitative estimate of drug-likeness (QED) is 0.877. The van der Waals surface area contributed by atoms with Crippen LogP contribution < -0.4 is 10.6 Å². The molecule has 1 aliphatic heterocycles. The molecule has 2 heterocycles. The van der Waals surface area contributed by atoms with Crippen LogP contribution in [0.4, 0.5) is 4.79 Å². The van der Waals surface area contributed by atoms with Gasteiger partial charge in [0.1, 0.15) is 5.82 Å². The first kappa shape index (κ1) is 16.9. The minimum Gasteiger partial charge on any atom is -0.335 e. The molecule has 2 aromatic rings. The van der Waals surface area contributed by atoms with E-state index in [0.717, 1.165) is 30.1 Å². The van der Waals surface area contributed by atoms with Crippen LogP contribution in [0.25, 0.3) is 0 Å². The number of imidazole rings is 1. The summed E-state index contributed by atoms with van der Waals surface area (Å²) in [4.78, 5) is 16.3. The van der Waals surface area contributed by atoms with Crippen molar-refractivity contribution in [2.45, 2.75) is 38.9 Å². The van der Waals surface area contributed by atoms with Crippen molar-refractivity contribution < 1.29 is 4.79 Å². The Bertz CT molecular complexity index is 679. The van der Waals surface area contributed by atoms with Gasteiger partial charge < -0.3 is 15.2 Å². The lowest BCUT2D eigenvalue weighted by Crippen LogP contribution is -2.44. The monoisotopic (exact) mass is 344 g/mol. The second kappa shape index (κ2) is 8.24. The maximum absolute atomic E-state index is 12.0. The molecule has 24 heavy (non-hydrogen) atoms. The first-order chi connectivity index (χ1) is 11.7. The smallest absolute Gasteiger partial charge is 0.315 e. The number of rotatable bonds is 5. The highest BCUT2D eigenvalue weighted by atomic mass is 32.2. The van der Waals surface area contributed by atoms with E-state index in [1.54, 1.807) is 0 Å². The predicted octanol–water partition coefficient (Wildman–Crippen LogP) is 2.93. The predicted molar refractivity (Wildman–Crippen MR) is 98.2 cm³/mol. The summed E-state index contributed by atoms with van der Waals surface area (Å²) in [5.74, 6) is 3.24. The maximum atomic E-state index is 12.0. The number of urea groups is 1. The molecule has 1 aromatic heterocycles. The summed E-state index contributed by atoms with van der Waals surface area (Å²) >= 11 is 1.91. The molecule has 1 fully saturated rings. The van der Waals surface area contributed by atoms with Crippen molar-refractivity contribution in [2.75, 3.05) is 11.5 Å². The number of aryl methyl sites for hydroxylation is 1. The Morgan fingerprint density at radius 2 is 2.29 bits per heavy atom. The average molecular weight is 344 g/mol. The number of nitrogens with zero attached hydrogens (tertiary/aromatic N) is 2. The summed E-state index contributed by atoms with van der Waals surface area (Å²) in [6.45, 7) is 3.34. The Morgan fingerprint density at radius 1 is 1.42 bits per heavy atom. The van der Waals surface area contributed by atoms with Crippen molar-refractivity contribution in [3.8, 4) is 0 Å². The zero-order chi connectivity index (χ0) is 16.8. The molecule has 6 heteroatoms. The van der Waals surface area contributed by atoms with E-state index < -0.39 is 0 Å². The van der Waals surface area contributed by atoms with Crippen LogP contribution in [0.15, 0.2) is 36.7 Å². The van der Waals surface area contributed by atoms with E-state index in [4.69, 9.17) is 0 Å². The lowest BCUT2D eigenvalue weighted by atomic mass is 10.1. The van der Waals surface area contributed by atoms with Gasteiger partial charge in [-0.1, -0.05) is 24.3 Å². The fourth-order valence-corrected chi connectivity index (χ4v) is 3.95. The SMILES string of the molecule is Cc1nccn1Cc1cccc(CNC(=O)N[C@@H]2CCCSC2)c1. The van der Waals surface area contributed by atoms with E-state index in [0.29, 0.717) is 12.6 Å². The minimum absolute atomic E-state index is 0.0710. The van der Waals surface area contributed by atoms with E-state index in [1.807, 2.05) is 43.2 Å². The van der Waals surface area contributed by atoms with Gasteiger partial charge in [-0.25, -0.2) is 9.78 Å². The minimum atomic E-state index is -0.0710. The lowest BCUT2D eigenvalue weighted by molar-refractivity contribution is 0.237. The average Bonchev–Trinajstić information content (AvgIpc) is 2.99. The van der Waals surface area contributed by atoms with Crippen molar-refractivity contribution >= 4 is 17.8 Å². The Kier molecular flexibility index (Phi) is 5.80. The third-order valence-electron chi connectivity index (χ3n) is 4.22. The third-order valence-corrected chi connectivity index (χ3v) is 5.43. The molecular weight excluding hydrogens is 320 g/mol. The Hall–Kier alpha value is -1.95. The molecule has 0 saturated carbocycles. The highest BCUT2D eigenvalue weighted by Crippen LogP contribution is 2.16. The molecular formula is C18H24N4OS. The van der Waals surface area contributed by atoms with Gasteiger partial charge in [0.15, 0.2) is 0 Å². The molecule has 0 unspecified atom stereocenters. The van der Waals surface area contributed by atoms with Crippen LogP contribution in [0.5, 0.6) is 0 Å². The van der Waals surface area contributed by atoms with Crippen LogP contribution in [0, 0.1) is 6.92 Å². The number of aromatic nitrogens is 2. The Balaban J connectivity index is 1.51. The Morgan fingerprint density at radius 3 is 3.04 bits per heavy atom. The van der Waals surface area contributed by atoms with Crippen molar-refractivity contribution in [1.82, 2.24) is 20.2 Å². The van der Waals surface area contributed by atoms with Gasteiger partial charge in [-0.05, 0) is 36.6 Å². The van der Waals surface area contributed by atoms with Gasteiger partial charge in [-0.3, -0.25) is 0 Å². The molecule has 0 bridgehead atoms. The van der Waals surface area contributed by atoms with Gasteiger partial charge >= 0.3 is 6.03 Å². The van der Waals surface area contributed by atoms with Crippen LogP contribution in [0.1, 0.15) is 29.8 Å². The molecule has 1 aliphatic rings. The van der Waals surface area contributed by atoms with E-state index in [9.17, 15) is 4.79 Å². The molecule has 1 aromatic carbocycles. The second-order valence-corrected chi connectivity index (χ2v) is 7.31. The molecule has 128 valence electrons. The first-order valence-electron chi connectivity index (χ1n) is 8.38. The molecule has 0 spiro atoms. The number of amides is 2. The topological polar surface area (TPSA) is 59.0 Å². The van der Waals surface area contributed by atoms with Gasteiger partial charge in [0.2, 0.25) is 0 Å². The largest absolute Gasteiger partial charge is 0.335 e. The van der Waals surface area contributed by atoms with Crippen molar-refractivity contribution in [3.63, 3.8) is 0 Å². The zero-order valence-corrected chi connectivity index (χ0v) is 14.8. The van der Waals surface area contributed by atoms with Gasteiger partial charge in [0.25, 0.3) is 0 Å². The molecule has 5 nitrogen and oxygen atoms in total. The maximum Gasteiger partial charge on any atom is 0.315 e. The van der Waals surface area contributed by atoms with Crippen molar-refractivity contribution in [1.29, 1.82) is 0 Å². The van der Waals surface area contributed by atoms with Crippen molar-refractivity contribution in [3.05, 3.63) is 53.6 Å². The van der Waals surface area contributed by atoms with Crippen LogP contribution in [-0.2, 0) is 13.1 Å². The highest BCUT2D eigenvalue weighted by molar-refractivity contribution is 7.99. The Labute approximate surface area is 147 Å². The first-order valence-corrected chi connectivity index (χ1v) is 9.54. The molecule has 2 amide bonds. The summed E-state index contributed by atoms with van der Waals surface area (Å²) in [7, 11) is 0. The summed E-state index contributed by atoms with van der Waals surface area (Å²) in [5.41, 5.74) is 2.32. The molecule has 3 rings (SSSR count). The van der Waals surface area contributed by atoms with Crippen LogP contribution in [0.2, 0.25) is 0 Å². The fourth-order valence-electron chi connectivity index (χ4n) is 2.88. The van der Waals surface area contributed by atoms with Crippen LogP contribution in [0.3, 0.4) is 0 Å². The highest BCUT2D eigenvalue weighted by Gasteiger charge is 2.15. The summed E-state index contributed by atoms with van der Waals surface area (Å²) < 4.78 is 2.11. The summed E-state index contributed by atoms with van der Waals surface area (Å²) in [6, 6.07) is 8.55. The number of benzene rings is 1. The van der Waals surface area contributed by atoms with Crippen LogP contribution >= 0.6 is 11.8 Å². The fraction of sp³-hybridized carbons (Fsp3) is 0.444. The van der Waals surface area contributed by atoms with Gasteiger partial charge in [0, 0.05) is 37.3 Å². The lowest BCUT2D eigenvalue weighted by Gasteiger charge is -2.22. The molecule has 0 aliphatic carbocycles. The van der Waals surface area contributed by atoms with E-state index >= 15 is 0 Å². The molecule has 0 radical (unpaired) electrons. The molecule has 2 N–H and O–H groups in total. The van der Waals surface area contributed by atoms with Gasteiger partial charge in [0.05, 0.1) is 0 Å². The van der Waals surface area contributed by atoms with E-state index in [1.165, 1.54) is 17.7 Å². The summed E-state index contributed by atoms with van der Waals surface area (Å²) in [6.07, 6.45) is 6.07. The van der Waals surface area contributed by atoms with Gasteiger partial charge in [-0.15, -0.1) is 0 Å². The normalized spacial score (nSPS) is 17.5. The number of carbonyl (C=O) groups is 1. The number of hydrogen-bond acceptors (Lipinski definition) is 3. The molecule has 1 saturated heterocycles. The van der Waals surface area contributed by atoms with Gasteiger partial charge in [-0.2, -0.15) is 11.8 Å². The zero-order valence-electron chi connectivity index (χ0n) is 14.0. The number of thioether (sulfide) groups is 1. The third kappa shape index (κ3) is 4.77. The number of carbonyl (C=O) groups excluding carboxylic acids is 1. The second-order valence-electron chi connectivity index (χ2n) is 6.16. The van der Waals surface area contributed by atoms with Crippen LogP contribution in [-0.4, -0.2) is 33.1 Å². The summed E-state index contributed by atoms with van der Waals surface area (Å²) in [5, 5.41) is 6.03.